The highest BCUT2D eigenvalue weighted by Crippen LogP contribution is 2.56. The Balaban J connectivity index is 1.70. The van der Waals surface area contributed by atoms with Crippen LogP contribution in [-0.4, -0.2) is 32.4 Å². The van der Waals surface area contributed by atoms with Crippen LogP contribution in [-0.2, 0) is 11.3 Å². The maximum absolute atomic E-state index is 12.8. The molecule has 3 aliphatic rings. The molecule has 2 aromatic rings. The van der Waals surface area contributed by atoms with Crippen molar-refractivity contribution in [3.05, 3.63) is 39.2 Å². The summed E-state index contributed by atoms with van der Waals surface area (Å²) in [6.45, 7) is -0.198. The van der Waals surface area contributed by atoms with Crippen LogP contribution in [0.1, 0.15) is 12.8 Å². The van der Waals surface area contributed by atoms with Crippen LogP contribution >= 0.6 is 0 Å². The second-order valence-corrected chi connectivity index (χ2v) is 6.15. The first-order valence-electron chi connectivity index (χ1n) is 7.11. The number of nitrogens with zero attached hydrogens (tertiary/aromatic N) is 2. The van der Waals surface area contributed by atoms with Crippen molar-refractivity contribution in [3.63, 3.8) is 0 Å². The van der Waals surface area contributed by atoms with Gasteiger partial charge in [-0.25, -0.2) is 9.78 Å². The highest BCUT2D eigenvalue weighted by atomic mass is 19.4. The summed E-state index contributed by atoms with van der Waals surface area (Å²) in [5.41, 5.74) is -2.02. The molecular formula is C14H12F3N3O3. The van der Waals surface area contributed by atoms with Crippen molar-refractivity contribution < 1.29 is 17.9 Å². The van der Waals surface area contributed by atoms with E-state index in [1.54, 1.807) is 12.1 Å². The summed E-state index contributed by atoms with van der Waals surface area (Å²) in [5, 5.41) is 0. The molecule has 4 heterocycles. The maximum atomic E-state index is 12.8. The van der Waals surface area contributed by atoms with Crippen LogP contribution < -0.4 is 11.2 Å². The average Bonchev–Trinajstić information content (AvgIpc) is 2.99. The summed E-state index contributed by atoms with van der Waals surface area (Å²) in [4.78, 5) is 30.9. The molecule has 2 bridgehead atoms. The summed E-state index contributed by atoms with van der Waals surface area (Å²) in [6, 6.07) is 3.12. The van der Waals surface area contributed by atoms with Gasteiger partial charge in [0.2, 0.25) is 0 Å². The van der Waals surface area contributed by atoms with Crippen LogP contribution in [0.5, 0.6) is 0 Å². The van der Waals surface area contributed by atoms with Crippen LogP contribution in [0, 0.1) is 5.92 Å². The van der Waals surface area contributed by atoms with Gasteiger partial charge in [0.1, 0.15) is 0 Å². The number of nitrogens with one attached hydrogen (secondary N) is 1. The molecule has 1 atom stereocenters. The van der Waals surface area contributed by atoms with Gasteiger partial charge in [-0.2, -0.15) is 13.2 Å². The number of ether oxygens (including phenoxy) is 1. The first-order chi connectivity index (χ1) is 10.8. The molecule has 1 saturated carbocycles. The number of pyridine rings is 1. The van der Waals surface area contributed by atoms with E-state index in [2.05, 4.69) is 9.97 Å². The SMILES string of the molecule is O=c1[nH]c2cccnc2c(=O)n1CC12CC(C1)C(C(F)(F)F)O2. The number of H-pyrrole nitrogens is 1. The van der Waals surface area contributed by atoms with Crippen molar-refractivity contribution in [3.8, 4) is 0 Å². The van der Waals surface area contributed by atoms with Gasteiger partial charge < -0.3 is 9.72 Å². The molecule has 23 heavy (non-hydrogen) atoms. The van der Waals surface area contributed by atoms with Gasteiger partial charge in [-0.1, -0.05) is 0 Å². The average molecular weight is 327 g/mol. The Kier molecular flexibility index (Phi) is 2.78. The van der Waals surface area contributed by atoms with Gasteiger partial charge in [-0.15, -0.1) is 0 Å². The Hall–Kier alpha value is -2.16. The first kappa shape index (κ1) is 14.4. The molecule has 1 unspecified atom stereocenters. The number of fused-ring (bicyclic) bond motifs is 2. The Morgan fingerprint density at radius 2 is 2.13 bits per heavy atom. The fourth-order valence-corrected chi connectivity index (χ4v) is 3.58. The van der Waals surface area contributed by atoms with E-state index < -0.39 is 35.0 Å². The van der Waals surface area contributed by atoms with E-state index in [-0.39, 0.29) is 24.9 Å². The molecular weight excluding hydrogens is 315 g/mol. The number of hydrogen-bond acceptors (Lipinski definition) is 4. The molecule has 122 valence electrons. The molecule has 5 rings (SSSR count). The zero-order valence-corrected chi connectivity index (χ0v) is 11.8. The van der Waals surface area contributed by atoms with E-state index in [1.807, 2.05) is 0 Å². The molecule has 0 aromatic carbocycles. The Labute approximate surface area is 126 Å². The predicted octanol–water partition coefficient (Wildman–Crippen LogP) is 1.19. The second kappa shape index (κ2) is 4.44. The maximum Gasteiger partial charge on any atom is 0.414 e. The Morgan fingerprint density at radius 1 is 1.39 bits per heavy atom. The molecule has 3 fully saturated rings. The quantitative estimate of drug-likeness (QED) is 0.899. The Bertz CT molecular complexity index is 896. The lowest BCUT2D eigenvalue weighted by molar-refractivity contribution is -0.217. The van der Waals surface area contributed by atoms with Crippen molar-refractivity contribution in [2.75, 3.05) is 0 Å². The van der Waals surface area contributed by atoms with Crippen LogP contribution in [0.15, 0.2) is 27.9 Å². The minimum absolute atomic E-state index is 0.0738. The molecule has 2 aromatic heterocycles. The smallest absolute Gasteiger partial charge is 0.360 e. The van der Waals surface area contributed by atoms with Gasteiger partial charge in [-0.3, -0.25) is 9.36 Å². The molecule has 6 nitrogen and oxygen atoms in total. The largest absolute Gasteiger partial charge is 0.414 e. The lowest BCUT2D eigenvalue weighted by atomic mass is 9.72. The Morgan fingerprint density at radius 3 is 2.78 bits per heavy atom. The van der Waals surface area contributed by atoms with E-state index in [0.717, 1.165) is 4.57 Å². The minimum Gasteiger partial charge on any atom is -0.360 e. The van der Waals surface area contributed by atoms with E-state index >= 15 is 0 Å². The monoisotopic (exact) mass is 327 g/mol. The summed E-state index contributed by atoms with van der Waals surface area (Å²) in [5.74, 6) is -0.594. The highest BCUT2D eigenvalue weighted by molar-refractivity contribution is 5.71. The topological polar surface area (TPSA) is 77.0 Å². The van der Waals surface area contributed by atoms with Gasteiger partial charge in [0.25, 0.3) is 5.56 Å². The van der Waals surface area contributed by atoms with Crippen LogP contribution in [0.4, 0.5) is 13.2 Å². The summed E-state index contributed by atoms with van der Waals surface area (Å²) < 4.78 is 44.6. The van der Waals surface area contributed by atoms with Crippen LogP contribution in [0.2, 0.25) is 0 Å². The predicted molar refractivity (Wildman–Crippen MR) is 73.0 cm³/mol. The van der Waals surface area contributed by atoms with Crippen molar-refractivity contribution in [2.45, 2.75) is 37.3 Å². The zero-order chi connectivity index (χ0) is 16.4. The molecule has 1 aliphatic carbocycles. The third kappa shape index (κ3) is 2.10. The van der Waals surface area contributed by atoms with Gasteiger partial charge in [0.15, 0.2) is 11.6 Å². The summed E-state index contributed by atoms with van der Waals surface area (Å²) in [6.07, 6.45) is -4.43. The standard InChI is InChI=1S/C14H12F3N3O3/c15-14(16,17)10-7-4-13(5-7,23-10)6-20-11(21)9-8(19-12(20)22)2-1-3-18-9/h1-3,7,10H,4-6H2,(H,19,22). The van der Waals surface area contributed by atoms with Gasteiger partial charge in [0.05, 0.1) is 17.7 Å². The highest BCUT2D eigenvalue weighted by Gasteiger charge is 2.65. The number of hydrogen-bond donors (Lipinski definition) is 1. The van der Waals surface area contributed by atoms with Crippen LogP contribution in [0.3, 0.4) is 0 Å². The molecule has 0 radical (unpaired) electrons. The van der Waals surface area contributed by atoms with Crippen molar-refractivity contribution >= 4 is 11.0 Å². The first-order valence-corrected chi connectivity index (χ1v) is 7.11. The molecule has 2 aliphatic heterocycles. The molecule has 1 N–H and O–H groups in total. The third-order valence-corrected chi connectivity index (χ3v) is 4.58. The fraction of sp³-hybridized carbons (Fsp3) is 0.500. The number of rotatable bonds is 2. The van der Waals surface area contributed by atoms with Crippen molar-refractivity contribution in [2.24, 2.45) is 5.92 Å². The van der Waals surface area contributed by atoms with E-state index in [1.165, 1.54) is 6.20 Å². The lowest BCUT2D eigenvalue weighted by Gasteiger charge is -2.35. The van der Waals surface area contributed by atoms with E-state index in [9.17, 15) is 22.8 Å². The molecule has 0 amide bonds. The number of aromatic amines is 1. The normalized spacial score (nSPS) is 29.7. The van der Waals surface area contributed by atoms with Gasteiger partial charge in [-0.05, 0) is 30.9 Å². The third-order valence-electron chi connectivity index (χ3n) is 4.58. The van der Waals surface area contributed by atoms with Gasteiger partial charge >= 0.3 is 11.9 Å². The van der Waals surface area contributed by atoms with Gasteiger partial charge in [0, 0.05) is 6.20 Å². The number of halogens is 3. The summed E-state index contributed by atoms with van der Waals surface area (Å²) in [7, 11) is 0. The van der Waals surface area contributed by atoms with Crippen molar-refractivity contribution in [1.29, 1.82) is 0 Å². The number of aromatic nitrogens is 3. The van der Waals surface area contributed by atoms with E-state index in [0.29, 0.717) is 5.52 Å². The van der Waals surface area contributed by atoms with E-state index in [4.69, 9.17) is 4.74 Å². The van der Waals surface area contributed by atoms with Crippen LogP contribution in [0.25, 0.3) is 11.0 Å². The fourth-order valence-electron chi connectivity index (χ4n) is 3.58. The molecule has 0 spiro atoms. The van der Waals surface area contributed by atoms with Crippen molar-refractivity contribution in [1.82, 2.24) is 14.5 Å². The minimum atomic E-state index is -4.43. The number of alkyl halides is 3. The zero-order valence-electron chi connectivity index (χ0n) is 11.8. The lowest BCUT2D eigenvalue weighted by Crippen LogP contribution is -2.47. The summed E-state index contributed by atoms with van der Waals surface area (Å²) >= 11 is 0. The molecule has 2 saturated heterocycles. The second-order valence-electron chi connectivity index (χ2n) is 6.15. The molecule has 9 heteroatoms.